The Kier molecular flexibility index (Phi) is 9.36. The van der Waals surface area contributed by atoms with Crippen molar-refractivity contribution >= 4 is 18.0 Å². The zero-order chi connectivity index (χ0) is 23.7. The maximum absolute atomic E-state index is 13.6. The first-order valence-electron chi connectivity index (χ1n) is 9.97. The monoisotopic (exact) mass is 449 g/mol. The van der Waals surface area contributed by atoms with Crippen LogP contribution in [0.25, 0.3) is 0 Å². The van der Waals surface area contributed by atoms with Crippen LogP contribution in [0.2, 0.25) is 0 Å². The van der Waals surface area contributed by atoms with Gasteiger partial charge in [-0.15, -0.1) is 0 Å². The molecule has 6 N–H and O–H groups in total. The standard InChI is InChI=1S/C22H26F3N5O2/c1-13(8-14-4-3-7-28-12-14)29-22(32)19(30-21(31)18(27)5-2-6-26)11-15-9-16(23)20(25)17(24)10-15/h3-4,7-10,18-19H,1-2,5-6,11-12,26-27H2,(H,29,32)(H,30,31)/b14-8-/t18-,19+/m0/s1. The van der Waals surface area contributed by atoms with Crippen LogP contribution in [0.5, 0.6) is 0 Å². The fourth-order valence-corrected chi connectivity index (χ4v) is 2.96. The normalized spacial score (nSPS) is 16.0. The van der Waals surface area contributed by atoms with Crippen LogP contribution < -0.4 is 22.1 Å². The van der Waals surface area contributed by atoms with Crippen LogP contribution in [0.3, 0.4) is 0 Å². The molecule has 0 saturated carbocycles. The lowest BCUT2D eigenvalue weighted by Crippen LogP contribution is -2.52. The molecule has 1 aromatic carbocycles. The third-order valence-electron chi connectivity index (χ3n) is 4.59. The van der Waals surface area contributed by atoms with Gasteiger partial charge in [0.1, 0.15) is 6.04 Å². The molecule has 1 aliphatic rings. The average Bonchev–Trinajstić information content (AvgIpc) is 2.75. The number of nitrogens with two attached hydrogens (primary N) is 2. The molecule has 0 fully saturated rings. The molecule has 7 nitrogen and oxygen atoms in total. The lowest BCUT2D eigenvalue weighted by Gasteiger charge is -2.21. The fraction of sp³-hybridized carbons (Fsp3) is 0.318. The number of allylic oxidation sites excluding steroid dienone is 2. The van der Waals surface area contributed by atoms with Gasteiger partial charge < -0.3 is 22.1 Å². The van der Waals surface area contributed by atoms with E-state index in [1.807, 2.05) is 0 Å². The molecule has 172 valence electrons. The topological polar surface area (TPSA) is 123 Å². The number of nitrogens with zero attached hydrogens (tertiary/aromatic N) is 1. The fourth-order valence-electron chi connectivity index (χ4n) is 2.96. The van der Waals surface area contributed by atoms with E-state index in [1.54, 1.807) is 24.4 Å². The second-order valence-corrected chi connectivity index (χ2v) is 7.26. The van der Waals surface area contributed by atoms with Crippen molar-refractivity contribution in [2.45, 2.75) is 31.3 Å². The molecular formula is C22H26F3N5O2. The van der Waals surface area contributed by atoms with Crippen molar-refractivity contribution in [2.75, 3.05) is 13.1 Å². The summed E-state index contributed by atoms with van der Waals surface area (Å²) in [5, 5.41) is 5.02. The summed E-state index contributed by atoms with van der Waals surface area (Å²) < 4.78 is 40.5. The largest absolute Gasteiger partial charge is 0.343 e. The van der Waals surface area contributed by atoms with Crippen molar-refractivity contribution in [3.05, 3.63) is 71.2 Å². The number of halogens is 3. The van der Waals surface area contributed by atoms with Gasteiger partial charge in [-0.25, -0.2) is 13.2 Å². The van der Waals surface area contributed by atoms with Crippen LogP contribution >= 0.6 is 0 Å². The second kappa shape index (κ2) is 12.0. The summed E-state index contributed by atoms with van der Waals surface area (Å²) in [6.45, 7) is 4.51. The number of carbonyl (C=O) groups is 2. The van der Waals surface area contributed by atoms with Crippen molar-refractivity contribution < 1.29 is 22.8 Å². The van der Waals surface area contributed by atoms with Crippen LogP contribution in [-0.2, 0) is 16.0 Å². The second-order valence-electron chi connectivity index (χ2n) is 7.26. The summed E-state index contributed by atoms with van der Waals surface area (Å²) in [6, 6.07) is -0.640. The van der Waals surface area contributed by atoms with E-state index < -0.39 is 41.3 Å². The van der Waals surface area contributed by atoms with Gasteiger partial charge in [-0.3, -0.25) is 14.6 Å². The van der Waals surface area contributed by atoms with E-state index >= 15 is 0 Å². The van der Waals surface area contributed by atoms with Gasteiger partial charge in [-0.05, 0) is 54.8 Å². The van der Waals surface area contributed by atoms with E-state index in [2.05, 4.69) is 22.2 Å². The highest BCUT2D eigenvalue weighted by molar-refractivity contribution is 5.90. The molecule has 0 unspecified atom stereocenters. The van der Waals surface area contributed by atoms with Gasteiger partial charge in [0.2, 0.25) is 11.8 Å². The molecule has 0 saturated heterocycles. The maximum Gasteiger partial charge on any atom is 0.247 e. The van der Waals surface area contributed by atoms with Gasteiger partial charge >= 0.3 is 0 Å². The number of hydrogen-bond donors (Lipinski definition) is 4. The number of rotatable bonds is 10. The van der Waals surface area contributed by atoms with Crippen molar-refractivity contribution in [1.82, 2.24) is 10.6 Å². The van der Waals surface area contributed by atoms with E-state index in [1.165, 1.54) is 0 Å². The number of carbonyl (C=O) groups excluding carboxylic acids is 2. The third kappa shape index (κ3) is 7.47. The number of amides is 2. The molecule has 2 rings (SSSR count). The zero-order valence-electron chi connectivity index (χ0n) is 17.4. The van der Waals surface area contributed by atoms with Crippen molar-refractivity contribution in [3.8, 4) is 0 Å². The maximum atomic E-state index is 13.6. The Morgan fingerprint density at radius 3 is 2.50 bits per heavy atom. The van der Waals surface area contributed by atoms with Crippen molar-refractivity contribution in [2.24, 2.45) is 16.5 Å². The predicted octanol–water partition coefficient (Wildman–Crippen LogP) is 1.39. The van der Waals surface area contributed by atoms with Crippen LogP contribution in [0, 0.1) is 17.5 Å². The Labute approximate surface area is 184 Å². The molecule has 0 radical (unpaired) electrons. The van der Waals surface area contributed by atoms with Gasteiger partial charge in [-0.2, -0.15) is 0 Å². The summed E-state index contributed by atoms with van der Waals surface area (Å²) in [5.74, 6) is -5.73. The van der Waals surface area contributed by atoms with Crippen LogP contribution in [0.15, 0.2) is 53.2 Å². The van der Waals surface area contributed by atoms with Crippen molar-refractivity contribution in [1.29, 1.82) is 0 Å². The molecule has 32 heavy (non-hydrogen) atoms. The molecule has 0 spiro atoms. The van der Waals surface area contributed by atoms with Gasteiger partial charge in [0.15, 0.2) is 17.5 Å². The Morgan fingerprint density at radius 1 is 1.22 bits per heavy atom. The van der Waals surface area contributed by atoms with Gasteiger partial charge in [-0.1, -0.05) is 12.7 Å². The minimum Gasteiger partial charge on any atom is -0.343 e. The van der Waals surface area contributed by atoms with E-state index in [0.29, 0.717) is 25.9 Å². The van der Waals surface area contributed by atoms with E-state index in [0.717, 1.165) is 17.7 Å². The first kappa shape index (κ1) is 25.0. The molecule has 1 aliphatic heterocycles. The molecule has 1 aromatic rings. The average molecular weight is 449 g/mol. The highest BCUT2D eigenvalue weighted by Crippen LogP contribution is 2.15. The number of dihydropyridines is 1. The zero-order valence-corrected chi connectivity index (χ0v) is 17.4. The molecule has 2 amide bonds. The summed E-state index contributed by atoms with van der Waals surface area (Å²) in [7, 11) is 0. The number of hydrogen-bond acceptors (Lipinski definition) is 5. The third-order valence-corrected chi connectivity index (χ3v) is 4.59. The summed E-state index contributed by atoms with van der Waals surface area (Å²) in [6.07, 6.45) is 7.26. The minimum atomic E-state index is -1.62. The molecule has 2 atom stereocenters. The van der Waals surface area contributed by atoms with Gasteiger partial charge in [0.25, 0.3) is 0 Å². The summed E-state index contributed by atoms with van der Waals surface area (Å²) >= 11 is 0. The number of aliphatic imine (C=N–C) groups is 1. The smallest absolute Gasteiger partial charge is 0.247 e. The highest BCUT2D eigenvalue weighted by Gasteiger charge is 2.25. The first-order valence-corrected chi connectivity index (χ1v) is 9.97. The number of nitrogens with one attached hydrogen (secondary N) is 2. The Morgan fingerprint density at radius 2 is 1.91 bits per heavy atom. The molecule has 0 bridgehead atoms. The quantitative estimate of drug-likeness (QED) is 0.403. The van der Waals surface area contributed by atoms with E-state index in [-0.39, 0.29) is 17.7 Å². The minimum absolute atomic E-state index is 0.0223. The lowest BCUT2D eigenvalue weighted by atomic mass is 10.0. The molecule has 0 aliphatic carbocycles. The lowest BCUT2D eigenvalue weighted by molar-refractivity contribution is -0.129. The summed E-state index contributed by atoms with van der Waals surface area (Å²) in [4.78, 5) is 29.3. The van der Waals surface area contributed by atoms with Crippen LogP contribution in [-0.4, -0.2) is 43.2 Å². The Balaban J connectivity index is 2.17. The molecule has 0 aromatic heterocycles. The molecule has 10 heteroatoms. The molecule has 1 heterocycles. The Hall–Kier alpha value is -3.24. The Bertz CT molecular complexity index is 936. The number of benzene rings is 1. The van der Waals surface area contributed by atoms with E-state index in [9.17, 15) is 22.8 Å². The predicted molar refractivity (Wildman–Crippen MR) is 116 cm³/mol. The summed E-state index contributed by atoms with van der Waals surface area (Å²) in [5.41, 5.74) is 12.2. The molecular weight excluding hydrogens is 423 g/mol. The SMILES string of the molecule is C=C(/C=C1/C=CC=NC1)NC(=O)[C@@H](Cc1cc(F)c(F)c(F)c1)NC(=O)[C@@H](N)CCCN. The highest BCUT2D eigenvalue weighted by atomic mass is 19.2. The van der Waals surface area contributed by atoms with E-state index in [4.69, 9.17) is 11.5 Å². The van der Waals surface area contributed by atoms with Gasteiger partial charge in [0, 0.05) is 18.3 Å². The first-order chi connectivity index (χ1) is 15.2. The van der Waals surface area contributed by atoms with Crippen molar-refractivity contribution in [3.63, 3.8) is 0 Å². The van der Waals surface area contributed by atoms with Crippen LogP contribution in [0.4, 0.5) is 13.2 Å². The van der Waals surface area contributed by atoms with Gasteiger partial charge in [0.05, 0.1) is 12.6 Å². The van der Waals surface area contributed by atoms with Crippen LogP contribution in [0.1, 0.15) is 18.4 Å².